The molecule has 2 atom stereocenters. The van der Waals surface area contributed by atoms with E-state index in [0.717, 1.165) is 17.5 Å². The van der Waals surface area contributed by atoms with E-state index in [1.807, 2.05) is 12.1 Å². The van der Waals surface area contributed by atoms with Gasteiger partial charge < -0.3 is 5.73 Å². The Morgan fingerprint density at radius 2 is 1.86 bits per heavy atom. The van der Waals surface area contributed by atoms with Crippen molar-refractivity contribution in [2.24, 2.45) is 5.92 Å². The number of benzene rings is 1. The fourth-order valence-corrected chi connectivity index (χ4v) is 2.51. The van der Waals surface area contributed by atoms with Crippen molar-refractivity contribution in [1.82, 2.24) is 0 Å². The number of rotatable bonds is 1. The highest BCUT2D eigenvalue weighted by Crippen LogP contribution is 2.35. The lowest BCUT2D eigenvalue weighted by atomic mass is 9.79. The zero-order valence-corrected chi connectivity index (χ0v) is 8.87. The first-order valence-electron chi connectivity index (χ1n) is 5.61. The van der Waals surface area contributed by atoms with E-state index in [4.69, 9.17) is 5.73 Å². The zero-order chi connectivity index (χ0) is 9.97. The van der Waals surface area contributed by atoms with Gasteiger partial charge in [0.2, 0.25) is 0 Å². The molecular weight excluding hydrogens is 170 g/mol. The van der Waals surface area contributed by atoms with Crippen LogP contribution in [0.15, 0.2) is 24.3 Å². The van der Waals surface area contributed by atoms with Gasteiger partial charge in [0.15, 0.2) is 0 Å². The van der Waals surface area contributed by atoms with Crippen molar-refractivity contribution < 1.29 is 0 Å². The molecule has 14 heavy (non-hydrogen) atoms. The molecular formula is C13H19N. The van der Waals surface area contributed by atoms with Gasteiger partial charge in [-0.05, 0) is 42.4 Å². The second-order valence-electron chi connectivity index (χ2n) is 4.64. The standard InChI is InChI=1S/C13H19N/c1-10-3-2-4-12(9-10)11-5-7-13(14)8-6-11/h5-8,10,12H,2-4,9,14H2,1H3/t10-,12+/m1/s1. The molecule has 0 aliphatic heterocycles. The maximum atomic E-state index is 5.68. The summed E-state index contributed by atoms with van der Waals surface area (Å²) < 4.78 is 0. The van der Waals surface area contributed by atoms with E-state index in [9.17, 15) is 0 Å². The topological polar surface area (TPSA) is 26.0 Å². The molecule has 76 valence electrons. The first-order chi connectivity index (χ1) is 6.75. The summed E-state index contributed by atoms with van der Waals surface area (Å²) in [5.74, 6) is 1.67. The van der Waals surface area contributed by atoms with Crippen LogP contribution in [-0.2, 0) is 0 Å². The van der Waals surface area contributed by atoms with Crippen molar-refractivity contribution in [3.05, 3.63) is 29.8 Å². The lowest BCUT2D eigenvalue weighted by molar-refractivity contribution is 0.344. The number of nitrogens with two attached hydrogens (primary N) is 1. The molecule has 0 saturated heterocycles. The van der Waals surface area contributed by atoms with Crippen LogP contribution in [0.3, 0.4) is 0 Å². The Kier molecular flexibility index (Phi) is 2.76. The molecule has 0 amide bonds. The highest BCUT2D eigenvalue weighted by Gasteiger charge is 2.19. The maximum Gasteiger partial charge on any atom is 0.0314 e. The number of nitrogen functional groups attached to an aromatic ring is 1. The summed E-state index contributed by atoms with van der Waals surface area (Å²) in [6.45, 7) is 2.36. The normalized spacial score (nSPS) is 27.5. The lowest BCUT2D eigenvalue weighted by Gasteiger charge is -2.27. The summed E-state index contributed by atoms with van der Waals surface area (Å²) >= 11 is 0. The van der Waals surface area contributed by atoms with Crippen LogP contribution in [0, 0.1) is 5.92 Å². The SMILES string of the molecule is C[C@@H]1CCC[C@H](c2ccc(N)cc2)C1. The van der Waals surface area contributed by atoms with Crippen molar-refractivity contribution >= 4 is 5.69 Å². The van der Waals surface area contributed by atoms with E-state index < -0.39 is 0 Å². The zero-order valence-electron chi connectivity index (χ0n) is 8.87. The molecule has 0 bridgehead atoms. The lowest BCUT2D eigenvalue weighted by Crippen LogP contribution is -2.11. The molecule has 1 heteroatoms. The maximum absolute atomic E-state index is 5.68. The van der Waals surface area contributed by atoms with Gasteiger partial charge in [0.25, 0.3) is 0 Å². The molecule has 1 aromatic rings. The molecule has 2 N–H and O–H groups in total. The average Bonchev–Trinajstić information content (AvgIpc) is 2.19. The second-order valence-corrected chi connectivity index (χ2v) is 4.64. The molecule has 0 aromatic heterocycles. The first-order valence-corrected chi connectivity index (χ1v) is 5.61. The van der Waals surface area contributed by atoms with E-state index in [1.54, 1.807) is 0 Å². The summed E-state index contributed by atoms with van der Waals surface area (Å²) in [4.78, 5) is 0. The quantitative estimate of drug-likeness (QED) is 0.672. The summed E-state index contributed by atoms with van der Waals surface area (Å²) in [5.41, 5.74) is 8.03. The van der Waals surface area contributed by atoms with E-state index >= 15 is 0 Å². The van der Waals surface area contributed by atoms with E-state index in [2.05, 4.69) is 19.1 Å². The van der Waals surface area contributed by atoms with E-state index in [1.165, 1.54) is 31.2 Å². The van der Waals surface area contributed by atoms with Crippen LogP contribution in [-0.4, -0.2) is 0 Å². The van der Waals surface area contributed by atoms with Crippen LogP contribution < -0.4 is 5.73 Å². The van der Waals surface area contributed by atoms with Gasteiger partial charge in [0, 0.05) is 5.69 Å². The van der Waals surface area contributed by atoms with Crippen molar-refractivity contribution in [2.45, 2.75) is 38.5 Å². The minimum Gasteiger partial charge on any atom is -0.399 e. The van der Waals surface area contributed by atoms with Crippen molar-refractivity contribution in [1.29, 1.82) is 0 Å². The summed E-state index contributed by atoms with van der Waals surface area (Å²) in [7, 11) is 0. The molecule has 2 rings (SSSR count). The van der Waals surface area contributed by atoms with Crippen LogP contribution >= 0.6 is 0 Å². The van der Waals surface area contributed by atoms with Crippen LogP contribution in [0.25, 0.3) is 0 Å². The molecule has 0 spiro atoms. The fraction of sp³-hybridized carbons (Fsp3) is 0.538. The van der Waals surface area contributed by atoms with Crippen LogP contribution in [0.1, 0.15) is 44.1 Å². The summed E-state index contributed by atoms with van der Waals surface area (Å²) in [6, 6.07) is 8.43. The van der Waals surface area contributed by atoms with Crippen LogP contribution in [0.2, 0.25) is 0 Å². The molecule has 1 aliphatic carbocycles. The Labute approximate surface area is 86.3 Å². The third-order valence-electron chi connectivity index (χ3n) is 3.34. The van der Waals surface area contributed by atoms with Crippen molar-refractivity contribution in [2.75, 3.05) is 5.73 Å². The Morgan fingerprint density at radius 3 is 2.50 bits per heavy atom. The third kappa shape index (κ3) is 2.09. The van der Waals surface area contributed by atoms with E-state index in [-0.39, 0.29) is 0 Å². The predicted molar refractivity (Wildman–Crippen MR) is 61.2 cm³/mol. The molecule has 1 aliphatic rings. The Bertz CT molecular complexity index is 289. The van der Waals surface area contributed by atoms with Gasteiger partial charge in [0.05, 0.1) is 0 Å². The van der Waals surface area contributed by atoms with Crippen molar-refractivity contribution in [3.8, 4) is 0 Å². The average molecular weight is 189 g/mol. The molecule has 1 saturated carbocycles. The number of hydrogen-bond acceptors (Lipinski definition) is 1. The number of anilines is 1. The Morgan fingerprint density at radius 1 is 1.14 bits per heavy atom. The highest BCUT2D eigenvalue weighted by atomic mass is 14.5. The number of hydrogen-bond donors (Lipinski definition) is 1. The largest absolute Gasteiger partial charge is 0.399 e. The van der Waals surface area contributed by atoms with Crippen LogP contribution in [0.5, 0.6) is 0 Å². The molecule has 1 aromatic carbocycles. The fourth-order valence-electron chi connectivity index (χ4n) is 2.51. The smallest absolute Gasteiger partial charge is 0.0314 e. The monoisotopic (exact) mass is 189 g/mol. The van der Waals surface area contributed by atoms with Gasteiger partial charge in [-0.3, -0.25) is 0 Å². The molecule has 0 heterocycles. The second kappa shape index (κ2) is 4.04. The molecule has 1 fully saturated rings. The Hall–Kier alpha value is -0.980. The molecule has 1 nitrogen and oxygen atoms in total. The van der Waals surface area contributed by atoms with Gasteiger partial charge in [-0.1, -0.05) is 31.9 Å². The minimum absolute atomic E-state index is 0.777. The Balaban J connectivity index is 2.10. The van der Waals surface area contributed by atoms with Gasteiger partial charge in [-0.2, -0.15) is 0 Å². The molecule has 0 unspecified atom stereocenters. The van der Waals surface area contributed by atoms with E-state index in [0.29, 0.717) is 0 Å². The van der Waals surface area contributed by atoms with Gasteiger partial charge in [0.1, 0.15) is 0 Å². The van der Waals surface area contributed by atoms with Gasteiger partial charge in [-0.15, -0.1) is 0 Å². The van der Waals surface area contributed by atoms with Crippen LogP contribution in [0.4, 0.5) is 5.69 Å². The van der Waals surface area contributed by atoms with Gasteiger partial charge >= 0.3 is 0 Å². The van der Waals surface area contributed by atoms with Crippen molar-refractivity contribution in [3.63, 3.8) is 0 Å². The third-order valence-corrected chi connectivity index (χ3v) is 3.34. The molecule has 0 radical (unpaired) electrons. The minimum atomic E-state index is 0.777. The highest BCUT2D eigenvalue weighted by molar-refractivity contribution is 5.40. The summed E-state index contributed by atoms with van der Waals surface area (Å²) in [5, 5.41) is 0. The predicted octanol–water partition coefficient (Wildman–Crippen LogP) is 3.56. The first kappa shape index (κ1) is 9.57. The van der Waals surface area contributed by atoms with Gasteiger partial charge in [-0.25, -0.2) is 0 Å². The summed E-state index contributed by atoms with van der Waals surface area (Å²) in [6.07, 6.45) is 5.50.